The standard InChI is InChI=1S/C4H2F3N3O/c5-4(6,7)2-3(11)8-1-9-10-2/h1H,(H,8,9,11). The molecular weight excluding hydrogens is 163 g/mol. The fraction of sp³-hybridized carbons (Fsp3) is 0.250. The van der Waals surface area contributed by atoms with Crippen LogP contribution in [0.25, 0.3) is 0 Å². The third kappa shape index (κ3) is 1.54. The van der Waals surface area contributed by atoms with E-state index in [0.29, 0.717) is 0 Å². The molecule has 0 fully saturated rings. The van der Waals surface area contributed by atoms with Gasteiger partial charge in [-0.05, 0) is 0 Å². The number of nitrogens with one attached hydrogen (secondary N) is 1. The lowest BCUT2D eigenvalue weighted by molar-refractivity contribution is -0.143. The molecule has 0 aliphatic heterocycles. The Hall–Kier alpha value is -1.40. The van der Waals surface area contributed by atoms with Gasteiger partial charge in [-0.1, -0.05) is 0 Å². The zero-order valence-electron chi connectivity index (χ0n) is 5.01. The van der Waals surface area contributed by atoms with E-state index >= 15 is 0 Å². The fourth-order valence-electron chi connectivity index (χ4n) is 0.473. The highest BCUT2D eigenvalue weighted by molar-refractivity contribution is 4.96. The first-order chi connectivity index (χ1) is 5.02. The number of halogens is 3. The van der Waals surface area contributed by atoms with Crippen molar-refractivity contribution in [3.63, 3.8) is 0 Å². The fourth-order valence-corrected chi connectivity index (χ4v) is 0.473. The minimum absolute atomic E-state index is 0.789. The van der Waals surface area contributed by atoms with Crippen molar-refractivity contribution in [1.82, 2.24) is 15.2 Å². The van der Waals surface area contributed by atoms with Crippen molar-refractivity contribution in [2.75, 3.05) is 0 Å². The summed E-state index contributed by atoms with van der Waals surface area (Å²) in [6, 6.07) is 0. The van der Waals surface area contributed by atoms with Crippen molar-refractivity contribution < 1.29 is 13.2 Å². The van der Waals surface area contributed by atoms with Gasteiger partial charge in [-0.15, -0.1) is 10.2 Å². The van der Waals surface area contributed by atoms with E-state index in [1.54, 1.807) is 4.98 Å². The summed E-state index contributed by atoms with van der Waals surface area (Å²) in [5, 5.41) is 5.52. The van der Waals surface area contributed by atoms with Crippen LogP contribution in [0.1, 0.15) is 5.69 Å². The molecule has 0 aliphatic carbocycles. The molecule has 1 aromatic rings. The van der Waals surface area contributed by atoms with Crippen molar-refractivity contribution in [2.45, 2.75) is 6.18 Å². The van der Waals surface area contributed by atoms with Gasteiger partial charge < -0.3 is 4.98 Å². The van der Waals surface area contributed by atoms with Gasteiger partial charge in [-0.25, -0.2) is 0 Å². The van der Waals surface area contributed by atoms with Crippen LogP contribution in [0.4, 0.5) is 13.2 Å². The molecule has 0 aliphatic rings. The van der Waals surface area contributed by atoms with E-state index in [4.69, 9.17) is 0 Å². The molecule has 7 heteroatoms. The number of hydrogen-bond donors (Lipinski definition) is 1. The number of aromatic amines is 1. The van der Waals surface area contributed by atoms with Crippen molar-refractivity contribution in [2.24, 2.45) is 0 Å². The molecule has 0 bridgehead atoms. The Morgan fingerprint density at radius 1 is 1.45 bits per heavy atom. The van der Waals surface area contributed by atoms with E-state index in [2.05, 4.69) is 10.2 Å². The molecule has 11 heavy (non-hydrogen) atoms. The van der Waals surface area contributed by atoms with Crippen LogP contribution < -0.4 is 5.56 Å². The molecule has 0 amide bonds. The van der Waals surface area contributed by atoms with Crippen molar-refractivity contribution >= 4 is 0 Å². The zero-order valence-corrected chi connectivity index (χ0v) is 5.01. The Bertz CT molecular complexity index is 304. The molecule has 0 saturated carbocycles. The molecule has 1 rings (SSSR count). The highest BCUT2D eigenvalue weighted by Gasteiger charge is 2.36. The summed E-state index contributed by atoms with van der Waals surface area (Å²) in [5.74, 6) is 0. The first-order valence-electron chi connectivity index (χ1n) is 2.49. The SMILES string of the molecule is O=c1[nH]cnnc1C(F)(F)F. The summed E-state index contributed by atoms with van der Waals surface area (Å²) in [5.41, 5.74) is -2.81. The van der Waals surface area contributed by atoms with E-state index in [-0.39, 0.29) is 0 Å². The van der Waals surface area contributed by atoms with Gasteiger partial charge in [-0.3, -0.25) is 4.79 Å². The van der Waals surface area contributed by atoms with Gasteiger partial charge in [0.15, 0.2) is 0 Å². The van der Waals surface area contributed by atoms with Crippen molar-refractivity contribution in [3.05, 3.63) is 22.4 Å². The Morgan fingerprint density at radius 3 is 2.45 bits per heavy atom. The Morgan fingerprint density at radius 2 is 2.09 bits per heavy atom. The number of alkyl halides is 3. The summed E-state index contributed by atoms with van der Waals surface area (Å²) >= 11 is 0. The highest BCUT2D eigenvalue weighted by atomic mass is 19.4. The number of H-pyrrole nitrogens is 1. The minimum atomic E-state index is -4.73. The quantitative estimate of drug-likeness (QED) is 0.596. The number of nitrogens with zero attached hydrogens (tertiary/aromatic N) is 2. The molecule has 1 aromatic heterocycles. The molecule has 1 N–H and O–H groups in total. The molecule has 0 saturated heterocycles. The molecule has 0 aromatic carbocycles. The van der Waals surface area contributed by atoms with Crippen LogP contribution in [0.2, 0.25) is 0 Å². The number of rotatable bonds is 0. The van der Waals surface area contributed by atoms with Gasteiger partial charge in [0.05, 0.1) is 0 Å². The first-order valence-corrected chi connectivity index (χ1v) is 2.49. The lowest BCUT2D eigenvalue weighted by Crippen LogP contribution is -2.23. The molecule has 60 valence electrons. The van der Waals surface area contributed by atoms with Crippen LogP contribution in [-0.2, 0) is 6.18 Å². The first kappa shape index (κ1) is 7.70. The van der Waals surface area contributed by atoms with Gasteiger partial charge in [0.2, 0.25) is 5.69 Å². The lowest BCUT2D eigenvalue weighted by Gasteiger charge is -2.00. The van der Waals surface area contributed by atoms with E-state index in [9.17, 15) is 18.0 Å². The maximum Gasteiger partial charge on any atom is 0.440 e. The molecule has 1 heterocycles. The Kier molecular flexibility index (Phi) is 1.63. The third-order valence-electron chi connectivity index (χ3n) is 0.895. The largest absolute Gasteiger partial charge is 0.440 e. The van der Waals surface area contributed by atoms with E-state index in [0.717, 1.165) is 6.33 Å². The maximum atomic E-state index is 11.7. The van der Waals surface area contributed by atoms with E-state index in [1.165, 1.54) is 0 Å². The van der Waals surface area contributed by atoms with Crippen molar-refractivity contribution in [3.8, 4) is 0 Å². The summed E-state index contributed by atoms with van der Waals surface area (Å²) in [6.07, 6.45) is -3.95. The molecule has 0 radical (unpaired) electrons. The van der Waals surface area contributed by atoms with Gasteiger partial charge in [0.25, 0.3) is 5.56 Å². The zero-order chi connectivity index (χ0) is 8.48. The lowest BCUT2D eigenvalue weighted by atomic mass is 10.4. The van der Waals surface area contributed by atoms with Gasteiger partial charge in [-0.2, -0.15) is 13.2 Å². The Labute approximate surface area is 58.1 Å². The van der Waals surface area contributed by atoms with Crippen molar-refractivity contribution in [1.29, 1.82) is 0 Å². The normalized spacial score (nSPS) is 11.5. The maximum absolute atomic E-state index is 11.7. The second kappa shape index (κ2) is 2.33. The molecule has 4 nitrogen and oxygen atoms in total. The minimum Gasteiger partial charge on any atom is -0.310 e. The molecule has 0 spiro atoms. The summed E-state index contributed by atoms with van der Waals surface area (Å²) in [4.78, 5) is 12.1. The molecule has 0 atom stereocenters. The van der Waals surface area contributed by atoms with Crippen LogP contribution in [0.15, 0.2) is 11.1 Å². The van der Waals surface area contributed by atoms with Crippen LogP contribution in [0, 0.1) is 0 Å². The predicted octanol–water partition coefficient (Wildman–Crippen LogP) is 0.184. The molecular formula is C4H2F3N3O. The van der Waals surface area contributed by atoms with Crippen LogP contribution in [0.5, 0.6) is 0 Å². The topological polar surface area (TPSA) is 58.6 Å². The van der Waals surface area contributed by atoms with Crippen LogP contribution in [-0.4, -0.2) is 15.2 Å². The number of aromatic nitrogens is 3. The average Bonchev–Trinajstić information content (AvgIpc) is 1.86. The van der Waals surface area contributed by atoms with Gasteiger partial charge in [0, 0.05) is 0 Å². The average molecular weight is 165 g/mol. The van der Waals surface area contributed by atoms with Crippen LogP contribution in [0.3, 0.4) is 0 Å². The smallest absolute Gasteiger partial charge is 0.310 e. The van der Waals surface area contributed by atoms with E-state index < -0.39 is 17.4 Å². The van der Waals surface area contributed by atoms with Gasteiger partial charge in [0.1, 0.15) is 6.33 Å². The summed E-state index contributed by atoms with van der Waals surface area (Å²) in [7, 11) is 0. The summed E-state index contributed by atoms with van der Waals surface area (Å²) in [6.45, 7) is 0. The second-order valence-electron chi connectivity index (χ2n) is 1.66. The monoisotopic (exact) mass is 165 g/mol. The summed E-state index contributed by atoms with van der Waals surface area (Å²) < 4.78 is 35.2. The highest BCUT2D eigenvalue weighted by Crippen LogP contribution is 2.23. The van der Waals surface area contributed by atoms with Crippen LogP contribution >= 0.6 is 0 Å². The third-order valence-corrected chi connectivity index (χ3v) is 0.895. The predicted molar refractivity (Wildman–Crippen MR) is 27.7 cm³/mol. The molecule has 0 unspecified atom stereocenters. The van der Waals surface area contributed by atoms with Gasteiger partial charge >= 0.3 is 6.18 Å². The number of hydrogen-bond acceptors (Lipinski definition) is 3. The Balaban J connectivity index is 3.26. The second-order valence-corrected chi connectivity index (χ2v) is 1.66. The van der Waals surface area contributed by atoms with E-state index in [1.807, 2.05) is 0 Å².